The van der Waals surface area contributed by atoms with Crippen LogP contribution in [0.15, 0.2) is 24.5 Å². The summed E-state index contributed by atoms with van der Waals surface area (Å²) in [6.07, 6.45) is 2.13. The Morgan fingerprint density at radius 3 is 2.45 bits per heavy atom. The number of anilines is 2. The Balaban J connectivity index is 1.35. The Morgan fingerprint density at radius 1 is 1.05 bits per heavy atom. The fourth-order valence-corrected chi connectivity index (χ4v) is 5.40. The van der Waals surface area contributed by atoms with E-state index in [1.165, 1.54) is 0 Å². The molecule has 5 rings (SSSR count). The van der Waals surface area contributed by atoms with Crippen LogP contribution in [0.4, 0.5) is 29.2 Å². The molecule has 12 heteroatoms. The monoisotopic (exact) mass is 536 g/mol. The molecule has 1 N–H and O–H groups in total. The Hall–Kier alpha value is -3.15. The van der Waals surface area contributed by atoms with Crippen LogP contribution in [0.25, 0.3) is 10.9 Å². The lowest BCUT2D eigenvalue weighted by atomic mass is 9.93. The molecule has 1 aliphatic heterocycles. The van der Waals surface area contributed by atoms with Crippen LogP contribution in [0.5, 0.6) is 5.88 Å². The van der Waals surface area contributed by atoms with E-state index in [1.807, 2.05) is 19.2 Å². The number of methoxy groups -OCH3 is 1. The van der Waals surface area contributed by atoms with Gasteiger partial charge in [-0.1, -0.05) is 0 Å². The predicted octanol–water partition coefficient (Wildman–Crippen LogP) is 5.59. The number of piperidine rings is 1. The standard InChI is InChI=1S/C26H32F4N6O2/c1-3-31-22-14-21-19(15-33-22)24(35-12-9-17(37-2)10-13-35)34-36(21)16-4-6-18(7-5-16)38-25-23(27)20(8-11-32-25)26(28,29)30/h8,11,14-18H,3-7,9-10,12-13H2,1-2H3,(H,31,33)/t16-,18+. The summed E-state index contributed by atoms with van der Waals surface area (Å²) in [6, 6.07) is 2.70. The van der Waals surface area contributed by atoms with Crippen LogP contribution in [0, 0.1) is 5.82 Å². The van der Waals surface area contributed by atoms with Crippen LogP contribution in [-0.4, -0.2) is 58.7 Å². The van der Waals surface area contributed by atoms with E-state index in [0.29, 0.717) is 31.7 Å². The highest BCUT2D eigenvalue weighted by Crippen LogP contribution is 2.38. The first-order chi connectivity index (χ1) is 18.3. The van der Waals surface area contributed by atoms with Crippen molar-refractivity contribution in [2.24, 2.45) is 0 Å². The van der Waals surface area contributed by atoms with Crippen molar-refractivity contribution < 1.29 is 27.0 Å². The fourth-order valence-electron chi connectivity index (χ4n) is 5.40. The summed E-state index contributed by atoms with van der Waals surface area (Å²) in [5, 5.41) is 9.29. The third-order valence-electron chi connectivity index (χ3n) is 7.44. The third-order valence-corrected chi connectivity index (χ3v) is 7.44. The van der Waals surface area contributed by atoms with Crippen LogP contribution >= 0.6 is 0 Å². The lowest BCUT2D eigenvalue weighted by Crippen LogP contribution is -2.37. The predicted molar refractivity (Wildman–Crippen MR) is 135 cm³/mol. The third kappa shape index (κ3) is 5.36. The van der Waals surface area contributed by atoms with Gasteiger partial charge in [0.05, 0.1) is 28.6 Å². The number of hydrogen-bond acceptors (Lipinski definition) is 7. The zero-order valence-electron chi connectivity index (χ0n) is 21.5. The normalized spacial score (nSPS) is 21.2. The first kappa shape index (κ1) is 26.5. The summed E-state index contributed by atoms with van der Waals surface area (Å²) in [4.78, 5) is 10.6. The summed E-state index contributed by atoms with van der Waals surface area (Å²) in [5.74, 6) is -0.394. The molecule has 1 saturated carbocycles. The van der Waals surface area contributed by atoms with Crippen molar-refractivity contribution >= 4 is 22.5 Å². The average Bonchev–Trinajstić information content (AvgIpc) is 3.29. The van der Waals surface area contributed by atoms with Gasteiger partial charge in [-0.25, -0.2) is 14.4 Å². The van der Waals surface area contributed by atoms with Gasteiger partial charge in [-0.15, -0.1) is 0 Å². The van der Waals surface area contributed by atoms with Crippen molar-refractivity contribution in [3.63, 3.8) is 0 Å². The largest absolute Gasteiger partial charge is 0.472 e. The number of aromatic nitrogens is 4. The van der Waals surface area contributed by atoms with Crippen molar-refractivity contribution in [2.75, 3.05) is 37.0 Å². The highest BCUT2D eigenvalue weighted by atomic mass is 19.4. The van der Waals surface area contributed by atoms with Gasteiger partial charge in [-0.05, 0) is 51.5 Å². The molecule has 3 aromatic rings. The first-order valence-electron chi connectivity index (χ1n) is 13.1. The van der Waals surface area contributed by atoms with E-state index in [1.54, 1.807) is 7.11 Å². The Labute approximate surface area is 218 Å². The first-order valence-corrected chi connectivity index (χ1v) is 13.1. The summed E-state index contributed by atoms with van der Waals surface area (Å²) < 4.78 is 66.8. The van der Waals surface area contributed by atoms with Gasteiger partial charge < -0.3 is 19.7 Å². The van der Waals surface area contributed by atoms with E-state index in [9.17, 15) is 17.6 Å². The van der Waals surface area contributed by atoms with Gasteiger partial charge in [-0.2, -0.15) is 18.3 Å². The zero-order valence-corrected chi connectivity index (χ0v) is 21.5. The maximum Gasteiger partial charge on any atom is 0.419 e. The number of nitrogens with one attached hydrogen (secondary N) is 1. The lowest BCUT2D eigenvalue weighted by molar-refractivity contribution is -0.140. The molecule has 206 valence electrons. The number of halogens is 4. The molecule has 0 unspecified atom stereocenters. The molecule has 8 nitrogen and oxygen atoms in total. The minimum Gasteiger partial charge on any atom is -0.472 e. The van der Waals surface area contributed by atoms with Gasteiger partial charge in [0.15, 0.2) is 11.6 Å². The summed E-state index contributed by atoms with van der Waals surface area (Å²) in [7, 11) is 1.74. The second kappa shape index (κ2) is 10.9. The Morgan fingerprint density at radius 2 is 1.79 bits per heavy atom. The van der Waals surface area contributed by atoms with Crippen LogP contribution in [-0.2, 0) is 10.9 Å². The van der Waals surface area contributed by atoms with Crippen LogP contribution in [0.3, 0.4) is 0 Å². The smallest absolute Gasteiger partial charge is 0.419 e. The van der Waals surface area contributed by atoms with E-state index in [4.69, 9.17) is 14.6 Å². The SMILES string of the molecule is CCNc1cc2c(cn1)c(N1CCC(OC)CC1)nn2[C@H]1CC[C@@H](Oc2nccc(C(F)(F)F)c2F)CC1. The molecule has 0 atom stereocenters. The molecular weight excluding hydrogens is 504 g/mol. The highest BCUT2D eigenvalue weighted by Gasteiger charge is 2.37. The highest BCUT2D eigenvalue weighted by molar-refractivity contribution is 5.91. The quantitative estimate of drug-likeness (QED) is 0.394. The molecule has 0 bridgehead atoms. The lowest BCUT2D eigenvalue weighted by Gasteiger charge is -2.32. The van der Waals surface area contributed by atoms with E-state index >= 15 is 0 Å². The molecule has 2 aliphatic rings. The summed E-state index contributed by atoms with van der Waals surface area (Å²) in [6.45, 7) is 4.44. The minimum absolute atomic E-state index is 0.0683. The molecule has 4 heterocycles. The molecule has 0 aromatic carbocycles. The maximum absolute atomic E-state index is 14.4. The van der Waals surface area contributed by atoms with E-state index in [-0.39, 0.29) is 12.1 Å². The van der Waals surface area contributed by atoms with Gasteiger partial charge in [0.2, 0.25) is 0 Å². The molecule has 1 aliphatic carbocycles. The van der Waals surface area contributed by atoms with Crippen LogP contribution in [0.2, 0.25) is 0 Å². The number of ether oxygens (including phenoxy) is 2. The maximum atomic E-state index is 14.4. The molecule has 3 aromatic heterocycles. The summed E-state index contributed by atoms with van der Waals surface area (Å²) >= 11 is 0. The van der Waals surface area contributed by atoms with Crippen molar-refractivity contribution in [3.05, 3.63) is 35.9 Å². The van der Waals surface area contributed by atoms with E-state index in [0.717, 1.165) is 61.2 Å². The van der Waals surface area contributed by atoms with Gasteiger partial charge in [-0.3, -0.25) is 4.68 Å². The van der Waals surface area contributed by atoms with Crippen molar-refractivity contribution in [1.29, 1.82) is 0 Å². The summed E-state index contributed by atoms with van der Waals surface area (Å²) in [5.41, 5.74) is -0.388. The molecule has 1 saturated heterocycles. The van der Waals surface area contributed by atoms with E-state index < -0.39 is 29.5 Å². The van der Waals surface area contributed by atoms with Crippen molar-refractivity contribution in [2.45, 2.75) is 69.9 Å². The fraction of sp³-hybridized carbons (Fsp3) is 0.577. The number of rotatable bonds is 7. The Bertz CT molecular complexity index is 1250. The van der Waals surface area contributed by atoms with E-state index in [2.05, 4.69) is 24.9 Å². The molecular formula is C26H32F4N6O2. The number of alkyl halides is 3. The van der Waals surface area contributed by atoms with Crippen LogP contribution < -0.4 is 15.0 Å². The second-order valence-electron chi connectivity index (χ2n) is 9.83. The minimum atomic E-state index is -4.80. The number of nitrogens with zero attached hydrogens (tertiary/aromatic N) is 5. The average molecular weight is 537 g/mol. The number of hydrogen-bond donors (Lipinski definition) is 1. The molecule has 2 fully saturated rings. The molecule has 0 radical (unpaired) electrons. The van der Waals surface area contributed by atoms with Gasteiger partial charge >= 0.3 is 6.18 Å². The number of fused-ring (bicyclic) bond motifs is 1. The molecule has 38 heavy (non-hydrogen) atoms. The molecule has 0 amide bonds. The van der Waals surface area contributed by atoms with Crippen molar-refractivity contribution in [1.82, 2.24) is 19.7 Å². The second-order valence-corrected chi connectivity index (χ2v) is 9.83. The van der Waals surface area contributed by atoms with Gasteiger partial charge in [0.25, 0.3) is 5.88 Å². The topological polar surface area (TPSA) is 77.3 Å². The number of pyridine rings is 2. The van der Waals surface area contributed by atoms with Gasteiger partial charge in [0, 0.05) is 45.2 Å². The van der Waals surface area contributed by atoms with Crippen molar-refractivity contribution in [3.8, 4) is 5.88 Å². The van der Waals surface area contributed by atoms with Crippen LogP contribution in [0.1, 0.15) is 57.1 Å². The zero-order chi connectivity index (χ0) is 26.9. The van der Waals surface area contributed by atoms with Gasteiger partial charge in [0.1, 0.15) is 11.9 Å². The Kier molecular flexibility index (Phi) is 7.60. The molecule has 0 spiro atoms.